The van der Waals surface area contributed by atoms with Crippen LogP contribution in [0.1, 0.15) is 18.4 Å². The molecule has 0 spiro atoms. The van der Waals surface area contributed by atoms with Gasteiger partial charge in [0.2, 0.25) is 0 Å². The Labute approximate surface area is 81.5 Å². The molecule has 1 rings (SSSR count). The molecule has 0 atom stereocenters. The standard InChI is InChI=1S/C11H15Se/c1-2-3-9-12-10-11-7-5-4-6-8-11/h4-8H,1-3,9-10H2. The van der Waals surface area contributed by atoms with E-state index >= 15 is 0 Å². The van der Waals surface area contributed by atoms with E-state index < -0.39 is 0 Å². The van der Waals surface area contributed by atoms with E-state index in [0.717, 1.165) is 21.4 Å². The van der Waals surface area contributed by atoms with E-state index in [1.165, 1.54) is 22.6 Å². The fraction of sp³-hybridized carbons (Fsp3) is 0.364. The zero-order valence-electron chi connectivity index (χ0n) is 7.33. The molecule has 0 saturated carbocycles. The minimum absolute atomic E-state index is 0.791. The topological polar surface area (TPSA) is 0 Å². The molecule has 0 aliphatic rings. The van der Waals surface area contributed by atoms with Crippen molar-refractivity contribution in [3.8, 4) is 0 Å². The second-order valence-corrected chi connectivity index (χ2v) is 5.06. The molecule has 0 aliphatic carbocycles. The molecule has 0 saturated heterocycles. The van der Waals surface area contributed by atoms with Crippen molar-refractivity contribution in [2.24, 2.45) is 0 Å². The summed E-state index contributed by atoms with van der Waals surface area (Å²) in [5.74, 6) is 0. The average molecular weight is 226 g/mol. The molecule has 1 heteroatoms. The van der Waals surface area contributed by atoms with Crippen LogP contribution in [0.3, 0.4) is 0 Å². The number of hydrogen-bond acceptors (Lipinski definition) is 0. The molecule has 0 N–H and O–H groups in total. The molecular formula is C11H15Se. The normalized spacial score (nSPS) is 10.1. The second-order valence-electron chi connectivity index (χ2n) is 2.75. The Morgan fingerprint density at radius 2 is 1.92 bits per heavy atom. The van der Waals surface area contributed by atoms with Crippen LogP contribution >= 0.6 is 0 Å². The summed E-state index contributed by atoms with van der Waals surface area (Å²) in [6.07, 6.45) is 2.39. The summed E-state index contributed by atoms with van der Waals surface area (Å²) in [6.45, 7) is 3.84. The van der Waals surface area contributed by atoms with E-state index in [1.54, 1.807) is 0 Å². The van der Waals surface area contributed by atoms with Crippen LogP contribution in [0.2, 0.25) is 5.32 Å². The van der Waals surface area contributed by atoms with Crippen molar-refractivity contribution >= 4 is 15.0 Å². The third kappa shape index (κ3) is 3.94. The van der Waals surface area contributed by atoms with Crippen LogP contribution in [0.25, 0.3) is 0 Å². The molecule has 0 aromatic heterocycles. The van der Waals surface area contributed by atoms with Gasteiger partial charge in [0.25, 0.3) is 0 Å². The molecule has 0 nitrogen and oxygen atoms in total. The monoisotopic (exact) mass is 227 g/mol. The van der Waals surface area contributed by atoms with Crippen LogP contribution in [0.15, 0.2) is 30.3 Å². The van der Waals surface area contributed by atoms with E-state index in [-0.39, 0.29) is 0 Å². The van der Waals surface area contributed by atoms with Gasteiger partial charge < -0.3 is 0 Å². The molecule has 12 heavy (non-hydrogen) atoms. The van der Waals surface area contributed by atoms with Gasteiger partial charge in [-0.05, 0) is 0 Å². The molecule has 65 valence electrons. The predicted molar refractivity (Wildman–Crippen MR) is 55.3 cm³/mol. The van der Waals surface area contributed by atoms with Gasteiger partial charge in [-0.25, -0.2) is 0 Å². The van der Waals surface area contributed by atoms with E-state index in [1.807, 2.05) is 0 Å². The minimum atomic E-state index is 0.791. The molecule has 0 aliphatic heterocycles. The van der Waals surface area contributed by atoms with Crippen molar-refractivity contribution in [3.05, 3.63) is 42.8 Å². The Kier molecular flexibility index (Phi) is 5.14. The SMILES string of the molecule is [CH2]CCC[Se]Cc1ccccc1. The van der Waals surface area contributed by atoms with Gasteiger partial charge in [0.05, 0.1) is 0 Å². The molecule has 1 radical (unpaired) electrons. The van der Waals surface area contributed by atoms with Crippen molar-refractivity contribution in [1.82, 2.24) is 0 Å². The van der Waals surface area contributed by atoms with Crippen molar-refractivity contribution in [2.75, 3.05) is 0 Å². The Morgan fingerprint density at radius 3 is 2.58 bits per heavy atom. The van der Waals surface area contributed by atoms with Gasteiger partial charge in [0, 0.05) is 0 Å². The maximum atomic E-state index is 3.84. The van der Waals surface area contributed by atoms with Crippen LogP contribution in [-0.4, -0.2) is 15.0 Å². The first kappa shape index (κ1) is 9.82. The molecule has 0 fully saturated rings. The Morgan fingerprint density at radius 1 is 1.17 bits per heavy atom. The fourth-order valence-corrected chi connectivity index (χ4v) is 3.03. The summed E-state index contributed by atoms with van der Waals surface area (Å²) in [4.78, 5) is 0. The van der Waals surface area contributed by atoms with E-state index in [9.17, 15) is 0 Å². The molecular weight excluding hydrogens is 211 g/mol. The van der Waals surface area contributed by atoms with Crippen molar-refractivity contribution in [3.63, 3.8) is 0 Å². The third-order valence-corrected chi connectivity index (χ3v) is 3.99. The van der Waals surface area contributed by atoms with Crippen LogP contribution in [0, 0.1) is 6.92 Å². The Balaban J connectivity index is 2.16. The van der Waals surface area contributed by atoms with Crippen LogP contribution < -0.4 is 0 Å². The molecule has 0 bridgehead atoms. The van der Waals surface area contributed by atoms with Crippen LogP contribution in [0.5, 0.6) is 0 Å². The van der Waals surface area contributed by atoms with E-state index in [4.69, 9.17) is 0 Å². The summed E-state index contributed by atoms with van der Waals surface area (Å²) in [6, 6.07) is 10.7. The van der Waals surface area contributed by atoms with Gasteiger partial charge in [-0.15, -0.1) is 0 Å². The average Bonchev–Trinajstić information content (AvgIpc) is 2.14. The molecule has 0 amide bonds. The number of hydrogen-bond donors (Lipinski definition) is 0. The summed E-state index contributed by atoms with van der Waals surface area (Å²) >= 11 is 0.791. The Bertz CT molecular complexity index is 193. The maximum absolute atomic E-state index is 3.84. The van der Waals surface area contributed by atoms with E-state index in [2.05, 4.69) is 37.3 Å². The van der Waals surface area contributed by atoms with Crippen molar-refractivity contribution in [1.29, 1.82) is 0 Å². The number of rotatable bonds is 5. The van der Waals surface area contributed by atoms with Gasteiger partial charge in [0.15, 0.2) is 0 Å². The van der Waals surface area contributed by atoms with Crippen LogP contribution in [-0.2, 0) is 5.32 Å². The number of unbranched alkanes of at least 4 members (excludes halogenated alkanes) is 1. The van der Waals surface area contributed by atoms with Gasteiger partial charge in [-0.3, -0.25) is 0 Å². The van der Waals surface area contributed by atoms with Crippen LogP contribution in [0.4, 0.5) is 0 Å². The quantitative estimate of drug-likeness (QED) is 0.535. The second kappa shape index (κ2) is 6.28. The summed E-state index contributed by atoms with van der Waals surface area (Å²) in [7, 11) is 0. The summed E-state index contributed by atoms with van der Waals surface area (Å²) in [5.41, 5.74) is 1.49. The first-order valence-corrected chi connectivity index (χ1v) is 6.76. The molecule has 0 heterocycles. The zero-order valence-corrected chi connectivity index (χ0v) is 9.04. The first-order chi connectivity index (χ1) is 5.93. The zero-order chi connectivity index (χ0) is 8.65. The van der Waals surface area contributed by atoms with Gasteiger partial charge in [-0.2, -0.15) is 0 Å². The van der Waals surface area contributed by atoms with Gasteiger partial charge in [0.1, 0.15) is 0 Å². The molecule has 1 aromatic rings. The third-order valence-electron chi connectivity index (χ3n) is 1.65. The molecule has 1 aromatic carbocycles. The molecule has 0 unspecified atom stereocenters. The first-order valence-electron chi connectivity index (χ1n) is 4.34. The Hall–Kier alpha value is -0.261. The van der Waals surface area contributed by atoms with E-state index in [0.29, 0.717) is 0 Å². The fourth-order valence-electron chi connectivity index (χ4n) is 0.968. The van der Waals surface area contributed by atoms with Crippen molar-refractivity contribution in [2.45, 2.75) is 23.5 Å². The number of benzene rings is 1. The van der Waals surface area contributed by atoms with Gasteiger partial charge >= 0.3 is 81.3 Å². The van der Waals surface area contributed by atoms with Gasteiger partial charge in [-0.1, -0.05) is 0 Å². The summed E-state index contributed by atoms with van der Waals surface area (Å²) < 4.78 is 0. The van der Waals surface area contributed by atoms with Crippen molar-refractivity contribution < 1.29 is 0 Å². The summed E-state index contributed by atoms with van der Waals surface area (Å²) in [5, 5.41) is 2.67. The predicted octanol–water partition coefficient (Wildman–Crippen LogP) is 2.92.